The Labute approximate surface area is 156 Å². The highest BCUT2D eigenvalue weighted by atomic mass is 16.2. The number of likely N-dealkylation sites (tertiary alicyclic amines) is 1. The van der Waals surface area contributed by atoms with E-state index >= 15 is 0 Å². The van der Waals surface area contributed by atoms with E-state index in [4.69, 9.17) is 0 Å². The summed E-state index contributed by atoms with van der Waals surface area (Å²) in [6.45, 7) is 2.97. The van der Waals surface area contributed by atoms with Crippen LogP contribution in [0.15, 0.2) is 54.9 Å². The van der Waals surface area contributed by atoms with E-state index in [1.807, 2.05) is 47.6 Å². The second-order valence-corrected chi connectivity index (χ2v) is 7.04. The van der Waals surface area contributed by atoms with Gasteiger partial charge < -0.3 is 10.2 Å². The van der Waals surface area contributed by atoms with E-state index in [1.165, 1.54) is 17.5 Å². The first-order chi connectivity index (χ1) is 12.8. The summed E-state index contributed by atoms with van der Waals surface area (Å²) in [5, 5.41) is 3.30. The van der Waals surface area contributed by atoms with Crippen molar-refractivity contribution in [3.63, 3.8) is 0 Å². The number of hydrogen-bond acceptors (Lipinski definition) is 2. The summed E-state index contributed by atoms with van der Waals surface area (Å²) >= 11 is 0. The highest BCUT2D eigenvalue weighted by Crippen LogP contribution is 2.30. The maximum atomic E-state index is 13.2. The number of pyridine rings is 1. The summed E-state index contributed by atoms with van der Waals surface area (Å²) < 4.78 is 0. The van der Waals surface area contributed by atoms with Crippen LogP contribution >= 0.6 is 0 Å². The zero-order valence-corrected chi connectivity index (χ0v) is 15.6. The van der Waals surface area contributed by atoms with Gasteiger partial charge in [-0.15, -0.1) is 0 Å². The topological polar surface area (TPSA) is 45.2 Å². The van der Waals surface area contributed by atoms with Crippen molar-refractivity contribution in [2.24, 2.45) is 0 Å². The number of rotatable bonds is 5. The Balaban J connectivity index is 1.78. The number of benzene rings is 1. The van der Waals surface area contributed by atoms with Gasteiger partial charge in [0.05, 0.1) is 12.1 Å². The quantitative estimate of drug-likeness (QED) is 0.799. The van der Waals surface area contributed by atoms with Gasteiger partial charge in [0, 0.05) is 18.9 Å². The first-order valence-corrected chi connectivity index (χ1v) is 9.81. The van der Waals surface area contributed by atoms with Crippen molar-refractivity contribution in [2.75, 3.05) is 6.54 Å². The second-order valence-electron chi connectivity index (χ2n) is 7.04. The molecule has 1 aliphatic heterocycles. The Hall–Kier alpha value is -2.36. The number of carbonyl (C=O) groups is 1. The van der Waals surface area contributed by atoms with Gasteiger partial charge >= 0.3 is 6.03 Å². The summed E-state index contributed by atoms with van der Waals surface area (Å²) in [7, 11) is 0. The van der Waals surface area contributed by atoms with Crippen LogP contribution in [0.5, 0.6) is 0 Å². The summed E-state index contributed by atoms with van der Waals surface area (Å²) in [5.74, 6) is 0. The van der Waals surface area contributed by atoms with Crippen LogP contribution in [0, 0.1) is 0 Å². The van der Waals surface area contributed by atoms with Gasteiger partial charge in [-0.3, -0.25) is 4.98 Å². The Morgan fingerprint density at radius 2 is 1.92 bits per heavy atom. The van der Waals surface area contributed by atoms with E-state index < -0.39 is 0 Å². The van der Waals surface area contributed by atoms with Crippen molar-refractivity contribution in [1.29, 1.82) is 0 Å². The van der Waals surface area contributed by atoms with E-state index in [2.05, 4.69) is 29.4 Å². The van der Waals surface area contributed by atoms with Crippen molar-refractivity contribution >= 4 is 6.03 Å². The number of amides is 2. The number of nitrogens with zero attached hydrogens (tertiary/aromatic N) is 2. The predicted molar refractivity (Wildman–Crippen MR) is 105 cm³/mol. The van der Waals surface area contributed by atoms with Crippen LogP contribution in [-0.2, 0) is 0 Å². The molecule has 0 aliphatic carbocycles. The Kier molecular flexibility index (Phi) is 6.64. The fourth-order valence-corrected chi connectivity index (χ4v) is 3.81. The van der Waals surface area contributed by atoms with Gasteiger partial charge in [-0.2, -0.15) is 0 Å². The van der Waals surface area contributed by atoms with Gasteiger partial charge in [-0.25, -0.2) is 4.79 Å². The lowest BCUT2D eigenvalue weighted by Crippen LogP contribution is -2.43. The molecule has 2 heterocycles. The standard InChI is InChI=1S/C22H29N3O/c1-2-9-20(18-10-5-3-6-11-18)24-22(26)25-17-8-4-7-12-21(25)19-13-15-23-16-14-19/h3,5-6,10-11,13-16,20-21H,2,4,7-9,12,17H2,1H3,(H,24,26). The van der Waals surface area contributed by atoms with Crippen LogP contribution in [0.3, 0.4) is 0 Å². The molecule has 2 amide bonds. The molecule has 1 saturated heterocycles. The van der Waals surface area contributed by atoms with E-state index in [0.29, 0.717) is 0 Å². The fourth-order valence-electron chi connectivity index (χ4n) is 3.81. The fraction of sp³-hybridized carbons (Fsp3) is 0.455. The largest absolute Gasteiger partial charge is 0.331 e. The van der Waals surface area contributed by atoms with Crippen LogP contribution in [0.25, 0.3) is 0 Å². The van der Waals surface area contributed by atoms with Crippen molar-refractivity contribution < 1.29 is 4.79 Å². The summed E-state index contributed by atoms with van der Waals surface area (Å²) in [4.78, 5) is 19.4. The molecule has 0 spiro atoms. The molecule has 0 saturated carbocycles. The van der Waals surface area contributed by atoms with Crippen LogP contribution in [0.4, 0.5) is 4.79 Å². The molecule has 0 radical (unpaired) electrons. The molecule has 1 aromatic carbocycles. The van der Waals surface area contributed by atoms with Crippen molar-refractivity contribution in [3.8, 4) is 0 Å². The molecule has 1 fully saturated rings. The highest BCUT2D eigenvalue weighted by Gasteiger charge is 2.28. The van der Waals surface area contributed by atoms with Crippen molar-refractivity contribution in [3.05, 3.63) is 66.0 Å². The van der Waals surface area contributed by atoms with Gasteiger partial charge in [-0.1, -0.05) is 56.5 Å². The first kappa shape index (κ1) is 18.4. The normalized spacial score (nSPS) is 18.8. The predicted octanol–water partition coefficient (Wildman–Crippen LogP) is 5.25. The minimum atomic E-state index is 0.0519. The molecular formula is C22H29N3O. The van der Waals surface area contributed by atoms with Crippen LogP contribution in [0.2, 0.25) is 0 Å². The molecule has 138 valence electrons. The molecule has 0 bridgehead atoms. The molecule has 1 aromatic heterocycles. The SMILES string of the molecule is CCCC(NC(=O)N1CCCCCC1c1ccncc1)c1ccccc1. The minimum absolute atomic E-state index is 0.0519. The molecule has 2 aromatic rings. The van der Waals surface area contributed by atoms with Crippen molar-refractivity contribution in [1.82, 2.24) is 15.2 Å². The lowest BCUT2D eigenvalue weighted by Gasteiger charge is -2.32. The Bertz CT molecular complexity index is 674. The van der Waals surface area contributed by atoms with Crippen LogP contribution in [-0.4, -0.2) is 22.5 Å². The molecule has 4 nitrogen and oxygen atoms in total. The molecule has 2 unspecified atom stereocenters. The second kappa shape index (κ2) is 9.37. The van der Waals surface area contributed by atoms with Crippen LogP contribution < -0.4 is 5.32 Å². The van der Waals surface area contributed by atoms with Gasteiger partial charge in [-0.05, 0) is 42.5 Å². The number of aromatic nitrogens is 1. The average molecular weight is 351 g/mol. The van der Waals surface area contributed by atoms with E-state index in [-0.39, 0.29) is 18.1 Å². The highest BCUT2D eigenvalue weighted by molar-refractivity contribution is 5.75. The van der Waals surface area contributed by atoms with Gasteiger partial charge in [0.2, 0.25) is 0 Å². The maximum Gasteiger partial charge on any atom is 0.318 e. The average Bonchev–Trinajstić information content (AvgIpc) is 2.95. The lowest BCUT2D eigenvalue weighted by atomic mass is 10.0. The molecular weight excluding hydrogens is 322 g/mol. The summed E-state index contributed by atoms with van der Waals surface area (Å²) in [5.41, 5.74) is 2.36. The third-order valence-corrected chi connectivity index (χ3v) is 5.18. The van der Waals surface area contributed by atoms with Gasteiger partial charge in [0.1, 0.15) is 0 Å². The zero-order chi connectivity index (χ0) is 18.2. The van der Waals surface area contributed by atoms with Gasteiger partial charge in [0.25, 0.3) is 0 Å². The molecule has 4 heteroatoms. The van der Waals surface area contributed by atoms with E-state index in [0.717, 1.165) is 38.6 Å². The monoisotopic (exact) mass is 351 g/mol. The summed E-state index contributed by atoms with van der Waals surface area (Å²) in [6.07, 6.45) is 10.0. The third kappa shape index (κ3) is 4.63. The number of urea groups is 1. The van der Waals surface area contributed by atoms with E-state index in [9.17, 15) is 4.79 Å². The van der Waals surface area contributed by atoms with Crippen LogP contribution in [0.1, 0.15) is 68.7 Å². The van der Waals surface area contributed by atoms with Crippen molar-refractivity contribution in [2.45, 2.75) is 57.5 Å². The Morgan fingerprint density at radius 1 is 1.15 bits per heavy atom. The van der Waals surface area contributed by atoms with Gasteiger partial charge in [0.15, 0.2) is 0 Å². The lowest BCUT2D eigenvalue weighted by molar-refractivity contribution is 0.171. The molecule has 3 rings (SSSR count). The number of carbonyl (C=O) groups excluding carboxylic acids is 1. The number of nitrogens with one attached hydrogen (secondary N) is 1. The minimum Gasteiger partial charge on any atom is -0.331 e. The Morgan fingerprint density at radius 3 is 2.65 bits per heavy atom. The maximum absolute atomic E-state index is 13.2. The van der Waals surface area contributed by atoms with E-state index in [1.54, 1.807) is 0 Å². The smallest absolute Gasteiger partial charge is 0.318 e. The number of hydrogen-bond donors (Lipinski definition) is 1. The molecule has 2 atom stereocenters. The molecule has 26 heavy (non-hydrogen) atoms. The third-order valence-electron chi connectivity index (χ3n) is 5.18. The molecule has 1 N–H and O–H groups in total. The summed E-state index contributed by atoms with van der Waals surface area (Å²) in [6, 6.07) is 14.6. The zero-order valence-electron chi connectivity index (χ0n) is 15.6. The molecule has 1 aliphatic rings. The first-order valence-electron chi connectivity index (χ1n) is 9.81.